The highest BCUT2D eigenvalue weighted by molar-refractivity contribution is 7.98. The normalized spacial score (nSPS) is 14.4. The van der Waals surface area contributed by atoms with E-state index in [0.29, 0.717) is 24.0 Å². The zero-order chi connectivity index (χ0) is 20.3. The highest BCUT2D eigenvalue weighted by Crippen LogP contribution is 2.28. The molecule has 0 spiro atoms. The number of hydrogen-bond donors (Lipinski definition) is 1. The quantitative estimate of drug-likeness (QED) is 0.357. The van der Waals surface area contributed by atoms with Crippen LogP contribution < -0.4 is 4.90 Å². The lowest BCUT2D eigenvalue weighted by Gasteiger charge is -2.28. The highest BCUT2D eigenvalue weighted by atomic mass is 35.5. The molecular weight excluding hydrogens is 418 g/mol. The molecule has 0 atom stereocenters. The summed E-state index contributed by atoms with van der Waals surface area (Å²) in [4.78, 5) is 19.9. The van der Waals surface area contributed by atoms with Gasteiger partial charge in [0.05, 0.1) is 35.7 Å². The minimum Gasteiger partial charge on any atom is -0.378 e. The van der Waals surface area contributed by atoms with Gasteiger partial charge in [0.1, 0.15) is 11.6 Å². The molecule has 0 bridgehead atoms. The number of hydrogen-bond acceptors (Lipinski definition) is 6. The van der Waals surface area contributed by atoms with Gasteiger partial charge in [0.2, 0.25) is 0 Å². The first-order valence-electron chi connectivity index (χ1n) is 9.79. The minimum atomic E-state index is 0.646. The van der Waals surface area contributed by atoms with Crippen molar-refractivity contribution >= 4 is 40.2 Å². The van der Waals surface area contributed by atoms with Gasteiger partial charge in [-0.15, -0.1) is 0 Å². The van der Waals surface area contributed by atoms with E-state index in [4.69, 9.17) is 26.3 Å². The van der Waals surface area contributed by atoms with E-state index < -0.39 is 0 Å². The van der Waals surface area contributed by atoms with Crippen molar-refractivity contribution in [1.29, 1.82) is 0 Å². The Morgan fingerprint density at radius 1 is 1.00 bits per heavy atom. The molecule has 1 fully saturated rings. The molecule has 5 rings (SSSR count). The number of thioether (sulfide) groups is 1. The summed E-state index contributed by atoms with van der Waals surface area (Å²) in [5, 5.41) is 1.43. The molecule has 30 heavy (non-hydrogen) atoms. The van der Waals surface area contributed by atoms with Crippen molar-refractivity contribution in [1.82, 2.24) is 19.9 Å². The van der Waals surface area contributed by atoms with Crippen LogP contribution in [0.4, 0.5) is 5.82 Å². The Kier molecular flexibility index (Phi) is 5.57. The second kappa shape index (κ2) is 8.63. The van der Waals surface area contributed by atoms with Crippen LogP contribution in [0.1, 0.15) is 5.82 Å². The zero-order valence-electron chi connectivity index (χ0n) is 16.2. The second-order valence-corrected chi connectivity index (χ2v) is 8.37. The van der Waals surface area contributed by atoms with Gasteiger partial charge in [0, 0.05) is 29.7 Å². The number of morpholine rings is 1. The SMILES string of the molecule is Clc1ccc2nc(CSc3nc(-c4ccccc4)cc(N4CCOCC4)n3)[nH]c2c1. The summed E-state index contributed by atoms with van der Waals surface area (Å²) in [6.07, 6.45) is 0. The smallest absolute Gasteiger partial charge is 0.190 e. The first kappa shape index (κ1) is 19.4. The number of nitrogens with one attached hydrogen (secondary N) is 1. The maximum Gasteiger partial charge on any atom is 0.190 e. The lowest BCUT2D eigenvalue weighted by Crippen LogP contribution is -2.36. The summed E-state index contributed by atoms with van der Waals surface area (Å²) < 4.78 is 5.50. The predicted octanol–water partition coefficient (Wildman–Crippen LogP) is 4.80. The maximum atomic E-state index is 6.08. The molecule has 1 aliphatic heterocycles. The van der Waals surface area contributed by atoms with Gasteiger partial charge in [-0.3, -0.25) is 0 Å². The second-order valence-electron chi connectivity index (χ2n) is 6.99. The molecule has 2 aromatic heterocycles. The summed E-state index contributed by atoms with van der Waals surface area (Å²) in [7, 11) is 0. The first-order chi connectivity index (χ1) is 14.7. The third kappa shape index (κ3) is 4.28. The van der Waals surface area contributed by atoms with Crippen molar-refractivity contribution in [2.75, 3.05) is 31.2 Å². The molecule has 8 heteroatoms. The van der Waals surface area contributed by atoms with E-state index in [1.54, 1.807) is 11.8 Å². The molecule has 0 radical (unpaired) electrons. The molecule has 1 N–H and O–H groups in total. The van der Waals surface area contributed by atoms with Crippen molar-refractivity contribution in [2.24, 2.45) is 0 Å². The van der Waals surface area contributed by atoms with Crippen molar-refractivity contribution < 1.29 is 4.74 Å². The van der Waals surface area contributed by atoms with Crippen LogP contribution in [0.2, 0.25) is 5.02 Å². The first-order valence-corrected chi connectivity index (χ1v) is 11.2. The van der Waals surface area contributed by atoms with E-state index in [2.05, 4.69) is 33.1 Å². The molecule has 1 aliphatic rings. The van der Waals surface area contributed by atoms with Crippen LogP contribution in [-0.4, -0.2) is 46.2 Å². The van der Waals surface area contributed by atoms with Crippen molar-refractivity contribution in [3.8, 4) is 11.3 Å². The number of rotatable bonds is 5. The zero-order valence-corrected chi connectivity index (χ0v) is 17.8. The Morgan fingerprint density at radius 3 is 2.67 bits per heavy atom. The van der Waals surface area contributed by atoms with E-state index in [1.807, 2.05) is 36.4 Å². The van der Waals surface area contributed by atoms with Gasteiger partial charge >= 0.3 is 0 Å². The molecule has 0 amide bonds. The molecule has 3 heterocycles. The number of nitrogens with zero attached hydrogens (tertiary/aromatic N) is 4. The summed E-state index contributed by atoms with van der Waals surface area (Å²) in [6.45, 7) is 3.10. The summed E-state index contributed by atoms with van der Waals surface area (Å²) in [6, 6.07) is 17.9. The topological polar surface area (TPSA) is 66.9 Å². The van der Waals surface area contributed by atoms with E-state index in [-0.39, 0.29) is 0 Å². The summed E-state index contributed by atoms with van der Waals surface area (Å²) >= 11 is 7.65. The van der Waals surface area contributed by atoms with Gasteiger partial charge in [-0.25, -0.2) is 15.0 Å². The lowest BCUT2D eigenvalue weighted by molar-refractivity contribution is 0.122. The summed E-state index contributed by atoms with van der Waals surface area (Å²) in [5.41, 5.74) is 3.84. The van der Waals surface area contributed by atoms with Gasteiger partial charge in [-0.1, -0.05) is 53.7 Å². The van der Waals surface area contributed by atoms with Crippen LogP contribution >= 0.6 is 23.4 Å². The fourth-order valence-electron chi connectivity index (χ4n) is 3.42. The van der Waals surface area contributed by atoms with E-state index in [1.165, 1.54) is 0 Å². The van der Waals surface area contributed by atoms with Crippen molar-refractivity contribution in [3.63, 3.8) is 0 Å². The number of H-pyrrole nitrogens is 1. The largest absolute Gasteiger partial charge is 0.378 e. The van der Waals surface area contributed by atoms with Crippen LogP contribution in [0.15, 0.2) is 59.8 Å². The van der Waals surface area contributed by atoms with Gasteiger partial charge in [-0.05, 0) is 18.2 Å². The van der Waals surface area contributed by atoms with Crippen molar-refractivity contribution in [3.05, 3.63) is 65.4 Å². The van der Waals surface area contributed by atoms with Gasteiger partial charge in [0.15, 0.2) is 5.16 Å². The third-order valence-corrected chi connectivity index (χ3v) is 6.02. The number of imidazole rings is 1. The number of benzene rings is 2. The van der Waals surface area contributed by atoms with Gasteiger partial charge in [0.25, 0.3) is 0 Å². The van der Waals surface area contributed by atoms with Crippen LogP contribution in [-0.2, 0) is 10.5 Å². The fourth-order valence-corrected chi connectivity index (χ4v) is 4.32. The number of aromatic amines is 1. The molecule has 0 saturated carbocycles. The van der Waals surface area contributed by atoms with Crippen LogP contribution in [0.5, 0.6) is 0 Å². The Hall–Kier alpha value is -2.61. The maximum absolute atomic E-state index is 6.08. The average molecular weight is 438 g/mol. The predicted molar refractivity (Wildman–Crippen MR) is 121 cm³/mol. The monoisotopic (exact) mass is 437 g/mol. The van der Waals surface area contributed by atoms with E-state index in [9.17, 15) is 0 Å². The molecule has 4 aromatic rings. The number of fused-ring (bicyclic) bond motifs is 1. The van der Waals surface area contributed by atoms with Crippen LogP contribution in [0, 0.1) is 0 Å². The summed E-state index contributed by atoms with van der Waals surface area (Å²) in [5.74, 6) is 2.46. The molecule has 0 aliphatic carbocycles. The Bertz CT molecular complexity index is 1160. The Morgan fingerprint density at radius 2 is 1.83 bits per heavy atom. The molecule has 6 nitrogen and oxygen atoms in total. The van der Waals surface area contributed by atoms with Gasteiger partial charge in [-0.2, -0.15) is 0 Å². The van der Waals surface area contributed by atoms with E-state index in [0.717, 1.165) is 52.2 Å². The minimum absolute atomic E-state index is 0.646. The molecule has 2 aromatic carbocycles. The fraction of sp³-hybridized carbons (Fsp3) is 0.227. The number of aromatic nitrogens is 4. The Labute approximate surface area is 183 Å². The third-order valence-electron chi connectivity index (χ3n) is 4.93. The van der Waals surface area contributed by atoms with Crippen LogP contribution in [0.25, 0.3) is 22.3 Å². The van der Waals surface area contributed by atoms with Gasteiger partial charge < -0.3 is 14.6 Å². The Balaban J connectivity index is 1.43. The molecule has 152 valence electrons. The van der Waals surface area contributed by atoms with Crippen molar-refractivity contribution in [2.45, 2.75) is 10.9 Å². The number of ether oxygens (including phenoxy) is 1. The highest BCUT2D eigenvalue weighted by Gasteiger charge is 2.16. The molecule has 0 unspecified atom stereocenters. The average Bonchev–Trinajstić information content (AvgIpc) is 3.21. The lowest BCUT2D eigenvalue weighted by atomic mass is 10.1. The van der Waals surface area contributed by atoms with E-state index >= 15 is 0 Å². The standard InChI is InChI=1S/C22H20ClN5OS/c23-16-6-7-17-19(12-16)25-20(24-17)14-30-22-26-18(15-4-2-1-3-5-15)13-21(27-22)28-8-10-29-11-9-28/h1-7,12-13H,8-11,14H2,(H,24,25). The van der Waals surface area contributed by atoms with Crippen LogP contribution in [0.3, 0.4) is 0 Å². The number of halogens is 1. The number of anilines is 1. The molecule has 1 saturated heterocycles. The molecular formula is C22H20ClN5OS.